The Morgan fingerprint density at radius 3 is 2.72 bits per heavy atom. The molecule has 1 aromatic heterocycles. The molecule has 2 unspecified atom stereocenters. The molecule has 2 aromatic rings. The van der Waals surface area contributed by atoms with Gasteiger partial charge in [-0.3, -0.25) is 14.5 Å². The number of anilines is 1. The first kappa shape index (κ1) is 21.4. The Labute approximate surface area is 178 Å². The third kappa shape index (κ3) is 6.33. The van der Waals surface area contributed by atoms with Crippen molar-refractivity contribution in [3.8, 4) is 0 Å². The average molecular weight is 463 g/mol. The van der Waals surface area contributed by atoms with E-state index in [4.69, 9.17) is 0 Å². The molecule has 2 amide bonds. The summed E-state index contributed by atoms with van der Waals surface area (Å²) in [6.07, 6.45) is 3.27. The molecule has 29 heavy (non-hydrogen) atoms. The van der Waals surface area contributed by atoms with Crippen molar-refractivity contribution in [2.75, 3.05) is 25.0 Å². The zero-order valence-corrected chi connectivity index (χ0v) is 17.8. The first-order valence-electron chi connectivity index (χ1n) is 9.60. The van der Waals surface area contributed by atoms with Crippen molar-refractivity contribution in [3.05, 3.63) is 58.4 Å². The zero-order chi connectivity index (χ0) is 20.8. The molecular weight excluding hydrogens is 439 g/mol. The number of pyridine rings is 1. The summed E-state index contributed by atoms with van der Waals surface area (Å²) in [5.41, 5.74) is 0.845. The smallest absolute Gasteiger partial charge is 0.234 e. The van der Waals surface area contributed by atoms with E-state index in [-0.39, 0.29) is 36.1 Å². The Kier molecular flexibility index (Phi) is 7.33. The van der Waals surface area contributed by atoms with Gasteiger partial charge in [-0.2, -0.15) is 0 Å². The number of carbonyl (C=O) groups excluding carboxylic acids is 2. The molecular formula is C21H24BrFN4O2. The Morgan fingerprint density at radius 2 is 2.03 bits per heavy atom. The number of nitrogens with one attached hydrogen (secondary N) is 2. The van der Waals surface area contributed by atoms with Gasteiger partial charge in [0.2, 0.25) is 11.8 Å². The van der Waals surface area contributed by atoms with Crippen LogP contribution in [0.4, 0.5) is 10.2 Å². The molecule has 2 heterocycles. The molecule has 0 aliphatic carbocycles. The van der Waals surface area contributed by atoms with E-state index < -0.39 is 0 Å². The summed E-state index contributed by atoms with van der Waals surface area (Å²) in [4.78, 5) is 31.1. The normalized spacial score (nSPS) is 18.1. The van der Waals surface area contributed by atoms with Crippen molar-refractivity contribution in [3.63, 3.8) is 0 Å². The van der Waals surface area contributed by atoms with Crippen LogP contribution in [0.5, 0.6) is 0 Å². The number of halogens is 2. The molecule has 0 radical (unpaired) electrons. The standard InChI is InChI=1S/C21H24BrFN4O2/c1-14(15-4-7-18(23)8-5-15)25-20(28)13-27-10-2-3-16(12-27)21(29)26-19-9-6-17(22)11-24-19/h4-9,11,14,16H,2-3,10,12-13H2,1H3,(H,25,28)(H,24,26,29). The Bertz CT molecular complexity index is 845. The first-order chi connectivity index (χ1) is 13.9. The second-order valence-corrected chi connectivity index (χ2v) is 8.18. The summed E-state index contributed by atoms with van der Waals surface area (Å²) in [6.45, 7) is 3.40. The number of piperidine rings is 1. The lowest BCUT2D eigenvalue weighted by Crippen LogP contribution is -2.45. The molecule has 1 aromatic carbocycles. The number of benzene rings is 1. The molecule has 1 aliphatic rings. The second kappa shape index (κ2) is 9.93. The highest BCUT2D eigenvalue weighted by Crippen LogP contribution is 2.19. The summed E-state index contributed by atoms with van der Waals surface area (Å²) < 4.78 is 13.9. The molecule has 1 aliphatic heterocycles. The van der Waals surface area contributed by atoms with E-state index in [1.54, 1.807) is 24.4 Å². The minimum Gasteiger partial charge on any atom is -0.348 e. The van der Waals surface area contributed by atoms with Gasteiger partial charge in [-0.05, 0) is 72.1 Å². The molecule has 8 heteroatoms. The van der Waals surface area contributed by atoms with Crippen molar-refractivity contribution in [2.24, 2.45) is 5.92 Å². The van der Waals surface area contributed by atoms with E-state index in [1.807, 2.05) is 17.9 Å². The van der Waals surface area contributed by atoms with Gasteiger partial charge in [0.15, 0.2) is 0 Å². The number of rotatable bonds is 6. The number of nitrogens with zero attached hydrogens (tertiary/aromatic N) is 2. The maximum atomic E-state index is 13.0. The third-order valence-corrected chi connectivity index (χ3v) is 5.44. The van der Waals surface area contributed by atoms with Gasteiger partial charge in [-0.15, -0.1) is 0 Å². The van der Waals surface area contributed by atoms with E-state index >= 15 is 0 Å². The highest BCUT2D eigenvalue weighted by atomic mass is 79.9. The maximum absolute atomic E-state index is 13.0. The van der Waals surface area contributed by atoms with E-state index in [9.17, 15) is 14.0 Å². The Morgan fingerprint density at radius 1 is 1.28 bits per heavy atom. The fraction of sp³-hybridized carbons (Fsp3) is 0.381. The molecule has 0 bridgehead atoms. The van der Waals surface area contributed by atoms with Crippen molar-refractivity contribution >= 4 is 33.6 Å². The van der Waals surface area contributed by atoms with Crippen LogP contribution in [0.25, 0.3) is 0 Å². The predicted molar refractivity (Wildman–Crippen MR) is 113 cm³/mol. The van der Waals surface area contributed by atoms with Gasteiger partial charge in [-0.25, -0.2) is 9.37 Å². The fourth-order valence-electron chi connectivity index (χ4n) is 3.42. The topological polar surface area (TPSA) is 74.3 Å². The average Bonchev–Trinajstić information content (AvgIpc) is 2.70. The van der Waals surface area contributed by atoms with Gasteiger partial charge in [0.05, 0.1) is 18.5 Å². The molecule has 1 saturated heterocycles. The summed E-state index contributed by atoms with van der Waals surface area (Å²) in [5, 5.41) is 5.78. The lowest BCUT2D eigenvalue weighted by atomic mass is 9.97. The third-order valence-electron chi connectivity index (χ3n) is 4.97. The van der Waals surface area contributed by atoms with Crippen LogP contribution in [-0.4, -0.2) is 41.3 Å². The van der Waals surface area contributed by atoms with Gasteiger partial charge in [-0.1, -0.05) is 12.1 Å². The quantitative estimate of drug-likeness (QED) is 0.688. The monoisotopic (exact) mass is 462 g/mol. The number of hydrogen-bond acceptors (Lipinski definition) is 4. The van der Waals surface area contributed by atoms with Gasteiger partial charge in [0.1, 0.15) is 11.6 Å². The lowest BCUT2D eigenvalue weighted by molar-refractivity contribution is -0.126. The molecule has 6 nitrogen and oxygen atoms in total. The van der Waals surface area contributed by atoms with Gasteiger partial charge in [0, 0.05) is 17.2 Å². The predicted octanol–water partition coefficient (Wildman–Crippen LogP) is 3.51. The number of likely N-dealkylation sites (tertiary alicyclic amines) is 1. The van der Waals surface area contributed by atoms with Crippen LogP contribution in [0.3, 0.4) is 0 Å². The van der Waals surface area contributed by atoms with Crippen LogP contribution in [0.2, 0.25) is 0 Å². The van der Waals surface area contributed by atoms with Crippen LogP contribution < -0.4 is 10.6 Å². The van der Waals surface area contributed by atoms with Crippen molar-refractivity contribution in [1.29, 1.82) is 0 Å². The van der Waals surface area contributed by atoms with E-state index in [1.165, 1.54) is 12.1 Å². The van der Waals surface area contributed by atoms with E-state index in [0.717, 1.165) is 29.4 Å². The van der Waals surface area contributed by atoms with Crippen LogP contribution in [-0.2, 0) is 9.59 Å². The van der Waals surface area contributed by atoms with Crippen molar-refractivity contribution in [1.82, 2.24) is 15.2 Å². The Hall–Kier alpha value is -2.32. The fourth-order valence-corrected chi connectivity index (χ4v) is 3.65. The SMILES string of the molecule is CC(NC(=O)CN1CCCC(C(=O)Nc2ccc(Br)cn2)C1)c1ccc(F)cc1. The summed E-state index contributed by atoms with van der Waals surface area (Å²) in [5.74, 6) is -0.164. The summed E-state index contributed by atoms with van der Waals surface area (Å²) in [7, 11) is 0. The van der Waals surface area contributed by atoms with Crippen LogP contribution in [0.15, 0.2) is 47.1 Å². The Balaban J connectivity index is 1.49. The number of hydrogen-bond donors (Lipinski definition) is 2. The van der Waals surface area contributed by atoms with Gasteiger partial charge in [0.25, 0.3) is 0 Å². The largest absolute Gasteiger partial charge is 0.348 e. The second-order valence-electron chi connectivity index (χ2n) is 7.27. The van der Waals surface area contributed by atoms with E-state index in [2.05, 4.69) is 31.5 Å². The van der Waals surface area contributed by atoms with Gasteiger partial charge >= 0.3 is 0 Å². The van der Waals surface area contributed by atoms with Crippen LogP contribution in [0, 0.1) is 11.7 Å². The highest BCUT2D eigenvalue weighted by Gasteiger charge is 2.27. The minimum absolute atomic E-state index is 0.0791. The molecule has 0 spiro atoms. The molecule has 2 atom stereocenters. The molecule has 3 rings (SSSR count). The molecule has 1 fully saturated rings. The van der Waals surface area contributed by atoms with Crippen LogP contribution in [0.1, 0.15) is 31.4 Å². The zero-order valence-electron chi connectivity index (χ0n) is 16.2. The van der Waals surface area contributed by atoms with Crippen LogP contribution >= 0.6 is 15.9 Å². The molecule has 154 valence electrons. The first-order valence-corrected chi connectivity index (χ1v) is 10.4. The van der Waals surface area contributed by atoms with E-state index in [0.29, 0.717) is 12.4 Å². The molecule has 2 N–H and O–H groups in total. The maximum Gasteiger partial charge on any atom is 0.234 e. The van der Waals surface area contributed by atoms with Gasteiger partial charge < -0.3 is 10.6 Å². The summed E-state index contributed by atoms with van der Waals surface area (Å²) in [6, 6.07) is 9.44. The lowest BCUT2D eigenvalue weighted by Gasteiger charge is -2.31. The molecule has 0 saturated carbocycles. The number of aromatic nitrogens is 1. The summed E-state index contributed by atoms with van der Waals surface area (Å²) >= 11 is 3.32. The number of amides is 2. The van der Waals surface area contributed by atoms with Crippen molar-refractivity contribution in [2.45, 2.75) is 25.8 Å². The minimum atomic E-state index is -0.303. The highest BCUT2D eigenvalue weighted by molar-refractivity contribution is 9.10. The number of carbonyl (C=O) groups is 2. The van der Waals surface area contributed by atoms with Crippen molar-refractivity contribution < 1.29 is 14.0 Å².